The molecule has 0 bridgehead atoms. The molecular formula is C23H31N4O2S+. The van der Waals surface area contributed by atoms with Gasteiger partial charge in [0.1, 0.15) is 5.00 Å². The lowest BCUT2D eigenvalue weighted by molar-refractivity contribution is -0.892. The zero-order valence-electron chi connectivity index (χ0n) is 17.8. The van der Waals surface area contributed by atoms with E-state index in [2.05, 4.69) is 42.3 Å². The summed E-state index contributed by atoms with van der Waals surface area (Å²) in [7, 11) is 0. The Morgan fingerprint density at radius 2 is 1.90 bits per heavy atom. The maximum atomic E-state index is 12.7. The van der Waals surface area contributed by atoms with E-state index in [1.807, 2.05) is 0 Å². The summed E-state index contributed by atoms with van der Waals surface area (Å²) < 4.78 is 0. The summed E-state index contributed by atoms with van der Waals surface area (Å²) in [5, 5.41) is 3.65. The first kappa shape index (κ1) is 20.9. The van der Waals surface area contributed by atoms with E-state index >= 15 is 0 Å². The van der Waals surface area contributed by atoms with Gasteiger partial charge in [0.25, 0.3) is 11.8 Å². The molecule has 160 valence electrons. The van der Waals surface area contributed by atoms with Crippen molar-refractivity contribution in [2.75, 3.05) is 42.9 Å². The number of fused-ring (bicyclic) bond motifs is 1. The van der Waals surface area contributed by atoms with Crippen molar-refractivity contribution < 1.29 is 14.5 Å². The number of piperazine rings is 1. The van der Waals surface area contributed by atoms with Crippen LogP contribution < -0.4 is 20.9 Å². The van der Waals surface area contributed by atoms with Gasteiger partial charge in [0, 0.05) is 10.6 Å². The number of quaternary nitrogens is 1. The molecule has 6 nitrogen and oxygen atoms in total. The molecule has 4 N–H and O–H groups in total. The van der Waals surface area contributed by atoms with E-state index in [4.69, 9.17) is 5.73 Å². The molecule has 2 heterocycles. The van der Waals surface area contributed by atoms with Crippen molar-refractivity contribution in [1.29, 1.82) is 0 Å². The van der Waals surface area contributed by atoms with Crippen LogP contribution in [0.1, 0.15) is 44.8 Å². The highest BCUT2D eigenvalue weighted by Gasteiger charge is 2.27. The van der Waals surface area contributed by atoms with Crippen molar-refractivity contribution in [1.82, 2.24) is 0 Å². The Bertz CT molecular complexity index is 960. The Hall–Kier alpha value is -2.38. The smallest absolute Gasteiger partial charge is 0.280 e. The number of nitrogens with one attached hydrogen (secondary N) is 2. The van der Waals surface area contributed by atoms with Gasteiger partial charge in [-0.05, 0) is 62.3 Å². The van der Waals surface area contributed by atoms with E-state index < -0.39 is 5.91 Å². The number of carbonyl (C=O) groups excluding carboxylic acids is 2. The van der Waals surface area contributed by atoms with E-state index in [1.54, 1.807) is 0 Å². The average molecular weight is 428 g/mol. The molecule has 0 radical (unpaired) electrons. The topological polar surface area (TPSA) is 79.9 Å². The maximum Gasteiger partial charge on any atom is 0.280 e. The molecule has 0 atom stereocenters. The molecule has 0 spiro atoms. The molecule has 1 aromatic carbocycles. The molecular weight excluding hydrogens is 396 g/mol. The number of amides is 2. The van der Waals surface area contributed by atoms with E-state index in [1.165, 1.54) is 37.9 Å². The lowest BCUT2D eigenvalue weighted by atomic mass is 9.95. The van der Waals surface area contributed by atoms with Crippen LogP contribution in [0.3, 0.4) is 0 Å². The third kappa shape index (κ3) is 4.23. The molecule has 1 saturated heterocycles. The van der Waals surface area contributed by atoms with Gasteiger partial charge in [0.2, 0.25) is 0 Å². The van der Waals surface area contributed by atoms with E-state index in [-0.39, 0.29) is 5.91 Å². The minimum Gasteiger partial charge on any atom is -0.365 e. The van der Waals surface area contributed by atoms with Crippen LogP contribution >= 0.6 is 11.3 Å². The van der Waals surface area contributed by atoms with Gasteiger partial charge in [-0.3, -0.25) is 9.59 Å². The van der Waals surface area contributed by atoms with Gasteiger partial charge in [-0.15, -0.1) is 11.3 Å². The minimum absolute atomic E-state index is 0.0358. The number of hydrogen-bond acceptors (Lipinski definition) is 4. The summed E-state index contributed by atoms with van der Waals surface area (Å²) in [5.74, 6) is -0.467. The molecule has 0 unspecified atom stereocenters. The van der Waals surface area contributed by atoms with Crippen LogP contribution in [-0.4, -0.2) is 44.5 Å². The molecule has 1 aliphatic heterocycles. The molecule has 2 aromatic rings. The van der Waals surface area contributed by atoms with Crippen molar-refractivity contribution in [2.24, 2.45) is 5.73 Å². The number of aryl methyl sites for hydroxylation is 2. The van der Waals surface area contributed by atoms with Gasteiger partial charge in [-0.25, -0.2) is 0 Å². The molecule has 4 rings (SSSR count). The summed E-state index contributed by atoms with van der Waals surface area (Å²) in [6.45, 7) is 8.46. The molecule has 2 aliphatic rings. The van der Waals surface area contributed by atoms with Crippen molar-refractivity contribution >= 4 is 33.8 Å². The van der Waals surface area contributed by atoms with Crippen molar-refractivity contribution in [2.45, 2.75) is 39.5 Å². The second kappa shape index (κ2) is 8.78. The standard InChI is InChI=1S/C23H30N4O2S/c1-15-6-5-8-18(16(15)2)27-12-10-26(11-13-27)14-20(28)25-23-21(22(24)29)17-7-3-4-9-19(17)30-23/h5-6,8H,3-4,7,9-14H2,1-2H3,(H2,24,29)(H,25,28)/p+1. The number of anilines is 2. The van der Waals surface area contributed by atoms with Gasteiger partial charge < -0.3 is 20.9 Å². The summed E-state index contributed by atoms with van der Waals surface area (Å²) in [4.78, 5) is 29.6. The SMILES string of the molecule is Cc1cccc(N2CC[NH+](CC(=O)Nc3sc4c(c3C(N)=O)CCCC4)CC2)c1C. The fourth-order valence-electron chi connectivity index (χ4n) is 4.63. The number of rotatable bonds is 5. The molecule has 1 aliphatic carbocycles. The normalized spacial score (nSPS) is 16.9. The highest BCUT2D eigenvalue weighted by Crippen LogP contribution is 2.37. The fraction of sp³-hybridized carbons (Fsp3) is 0.478. The van der Waals surface area contributed by atoms with E-state index in [0.717, 1.165) is 57.4 Å². The zero-order valence-corrected chi connectivity index (χ0v) is 18.7. The number of benzene rings is 1. The van der Waals surface area contributed by atoms with Crippen LogP contribution in [0.15, 0.2) is 18.2 Å². The predicted octanol–water partition coefficient (Wildman–Crippen LogP) is 1.69. The summed E-state index contributed by atoms with van der Waals surface area (Å²) >= 11 is 1.53. The average Bonchev–Trinajstić information content (AvgIpc) is 3.08. The van der Waals surface area contributed by atoms with Crippen LogP contribution in [0.25, 0.3) is 0 Å². The Kier molecular flexibility index (Phi) is 6.11. The van der Waals surface area contributed by atoms with Gasteiger partial charge in [0.05, 0.1) is 31.7 Å². The zero-order chi connectivity index (χ0) is 21.3. The minimum atomic E-state index is -0.431. The van der Waals surface area contributed by atoms with Crippen LogP contribution in [0.2, 0.25) is 0 Å². The van der Waals surface area contributed by atoms with Gasteiger partial charge >= 0.3 is 0 Å². The lowest BCUT2D eigenvalue weighted by Crippen LogP contribution is -3.15. The number of thiophene rings is 1. The fourth-order valence-corrected chi connectivity index (χ4v) is 5.94. The molecule has 30 heavy (non-hydrogen) atoms. The largest absolute Gasteiger partial charge is 0.365 e. The molecule has 7 heteroatoms. The van der Waals surface area contributed by atoms with Crippen LogP contribution in [0.4, 0.5) is 10.7 Å². The number of nitrogens with two attached hydrogens (primary N) is 1. The van der Waals surface area contributed by atoms with Crippen LogP contribution in [0.5, 0.6) is 0 Å². The number of primary amides is 1. The molecule has 1 aromatic heterocycles. The molecule has 0 saturated carbocycles. The first-order chi connectivity index (χ1) is 14.4. The quantitative estimate of drug-likeness (QED) is 0.679. The third-order valence-electron chi connectivity index (χ3n) is 6.47. The van der Waals surface area contributed by atoms with E-state index in [0.29, 0.717) is 17.1 Å². The summed E-state index contributed by atoms with van der Waals surface area (Å²) in [6, 6.07) is 6.44. The summed E-state index contributed by atoms with van der Waals surface area (Å²) in [6.07, 6.45) is 4.06. The van der Waals surface area contributed by atoms with Gasteiger partial charge in [-0.1, -0.05) is 12.1 Å². The maximum absolute atomic E-state index is 12.7. The Morgan fingerprint density at radius 3 is 2.63 bits per heavy atom. The van der Waals surface area contributed by atoms with E-state index in [9.17, 15) is 9.59 Å². The predicted molar refractivity (Wildman–Crippen MR) is 122 cm³/mol. The summed E-state index contributed by atoms with van der Waals surface area (Å²) in [5.41, 5.74) is 11.2. The molecule has 2 amide bonds. The first-order valence-electron chi connectivity index (χ1n) is 10.8. The monoisotopic (exact) mass is 427 g/mol. The Balaban J connectivity index is 1.36. The highest BCUT2D eigenvalue weighted by molar-refractivity contribution is 7.17. The highest BCUT2D eigenvalue weighted by atomic mass is 32.1. The number of carbonyl (C=O) groups is 2. The number of nitrogens with zero attached hydrogens (tertiary/aromatic N) is 1. The van der Waals surface area contributed by atoms with Gasteiger partial charge in [-0.2, -0.15) is 0 Å². The second-order valence-electron chi connectivity index (χ2n) is 8.46. The lowest BCUT2D eigenvalue weighted by Gasteiger charge is -2.34. The Morgan fingerprint density at radius 1 is 1.17 bits per heavy atom. The van der Waals surface area contributed by atoms with Crippen LogP contribution in [-0.2, 0) is 17.6 Å². The first-order valence-corrected chi connectivity index (χ1v) is 11.6. The third-order valence-corrected chi connectivity index (χ3v) is 7.68. The number of hydrogen-bond donors (Lipinski definition) is 3. The van der Waals surface area contributed by atoms with Crippen molar-refractivity contribution in [3.8, 4) is 0 Å². The van der Waals surface area contributed by atoms with Crippen LogP contribution in [0, 0.1) is 13.8 Å². The van der Waals surface area contributed by atoms with Crippen molar-refractivity contribution in [3.63, 3.8) is 0 Å². The Labute approximate surface area is 182 Å². The van der Waals surface area contributed by atoms with Crippen molar-refractivity contribution in [3.05, 3.63) is 45.3 Å². The van der Waals surface area contributed by atoms with Gasteiger partial charge in [0.15, 0.2) is 6.54 Å². The second-order valence-corrected chi connectivity index (χ2v) is 9.57. The molecule has 1 fully saturated rings.